The number of hydrogen-bond donors (Lipinski definition) is 1. The smallest absolute Gasteiger partial charge is 0.0821 e. The van der Waals surface area contributed by atoms with Crippen molar-refractivity contribution in [3.8, 4) is 0 Å². The van der Waals surface area contributed by atoms with E-state index in [0.717, 1.165) is 5.56 Å². The third-order valence-electron chi connectivity index (χ3n) is 2.46. The van der Waals surface area contributed by atoms with Crippen LogP contribution in [0.4, 0.5) is 0 Å². The maximum atomic E-state index is 9.66. The highest BCUT2D eigenvalue weighted by Crippen LogP contribution is 2.15. The van der Waals surface area contributed by atoms with Gasteiger partial charge in [-0.05, 0) is 5.56 Å². The lowest BCUT2D eigenvalue weighted by Gasteiger charge is -2.14. The third kappa shape index (κ3) is 2.67. The Morgan fingerprint density at radius 3 is 2.47 bits per heavy atom. The third-order valence-corrected chi connectivity index (χ3v) is 2.46. The molecule has 2 atom stereocenters. The molecule has 0 aliphatic heterocycles. The maximum Gasteiger partial charge on any atom is 0.0821 e. The highest BCUT2D eigenvalue weighted by Gasteiger charge is 2.11. The summed E-state index contributed by atoms with van der Waals surface area (Å²) in [5, 5.41) is 9.66. The topological polar surface area (TPSA) is 20.2 Å². The van der Waals surface area contributed by atoms with Gasteiger partial charge in [0.1, 0.15) is 0 Å². The van der Waals surface area contributed by atoms with Crippen molar-refractivity contribution in [1.82, 2.24) is 0 Å². The Hall–Kier alpha value is -1.60. The van der Waals surface area contributed by atoms with Crippen LogP contribution in [0.5, 0.6) is 0 Å². The maximum absolute atomic E-state index is 9.66. The second-order valence-electron chi connectivity index (χ2n) is 3.61. The van der Waals surface area contributed by atoms with Crippen molar-refractivity contribution in [2.75, 3.05) is 0 Å². The Morgan fingerprint density at radius 1 is 1.00 bits per heavy atom. The largest absolute Gasteiger partial charge is 0.388 e. The Labute approximate surface area is 90.1 Å². The van der Waals surface area contributed by atoms with Gasteiger partial charge in [-0.25, -0.2) is 0 Å². The summed E-state index contributed by atoms with van der Waals surface area (Å²) < 4.78 is 0. The Morgan fingerprint density at radius 2 is 1.73 bits per heavy atom. The molecule has 1 nitrogen and oxygen atoms in total. The second-order valence-corrected chi connectivity index (χ2v) is 3.61. The number of aliphatic hydroxyl groups is 1. The first-order valence-electron chi connectivity index (χ1n) is 5.12. The molecule has 15 heavy (non-hydrogen) atoms. The molecule has 1 heteroatoms. The van der Waals surface area contributed by atoms with Crippen LogP contribution < -0.4 is 0 Å². The fraction of sp³-hybridized carbons (Fsp3) is 0.143. The van der Waals surface area contributed by atoms with E-state index in [1.165, 1.54) is 0 Å². The molecule has 0 spiro atoms. The van der Waals surface area contributed by atoms with E-state index in [0.29, 0.717) is 0 Å². The van der Waals surface area contributed by atoms with Crippen LogP contribution in [0.3, 0.4) is 0 Å². The summed E-state index contributed by atoms with van der Waals surface area (Å²) >= 11 is 0. The zero-order valence-electron chi connectivity index (χ0n) is 8.45. The predicted molar refractivity (Wildman–Crippen MR) is 63.3 cm³/mol. The monoisotopic (exact) mass is 198 g/mol. The first kappa shape index (κ1) is 9.94. The molecule has 0 radical (unpaired) electrons. The second kappa shape index (κ2) is 4.76. The molecule has 1 aliphatic carbocycles. The van der Waals surface area contributed by atoms with Crippen LogP contribution in [0, 0.1) is 5.92 Å². The van der Waals surface area contributed by atoms with Gasteiger partial charge in [-0.3, -0.25) is 0 Å². The summed E-state index contributed by atoms with van der Waals surface area (Å²) in [4.78, 5) is 0. The normalized spacial score (nSPS) is 24.9. The van der Waals surface area contributed by atoms with E-state index in [-0.39, 0.29) is 5.92 Å². The van der Waals surface area contributed by atoms with Crippen molar-refractivity contribution in [2.45, 2.75) is 6.10 Å². The molecule has 1 aromatic rings. The van der Waals surface area contributed by atoms with Gasteiger partial charge in [0.25, 0.3) is 0 Å². The van der Waals surface area contributed by atoms with Crippen LogP contribution in [0.2, 0.25) is 0 Å². The standard InChI is InChI=1S/C14H14O/c15-14-9-5-4-8-13(14)11-10-12-6-2-1-3-7-12/h1-11,13-15H/b11-10+. The van der Waals surface area contributed by atoms with Crippen LogP contribution in [-0.4, -0.2) is 11.2 Å². The summed E-state index contributed by atoms with van der Waals surface area (Å²) in [5.74, 6) is 0.0928. The number of allylic oxidation sites excluding steroid dienone is 2. The number of hydrogen-bond acceptors (Lipinski definition) is 1. The van der Waals surface area contributed by atoms with E-state index >= 15 is 0 Å². The van der Waals surface area contributed by atoms with Gasteiger partial charge in [0.2, 0.25) is 0 Å². The molecule has 1 N–H and O–H groups in total. The molecule has 2 unspecified atom stereocenters. The first-order chi connectivity index (χ1) is 7.36. The van der Waals surface area contributed by atoms with Gasteiger partial charge >= 0.3 is 0 Å². The molecule has 1 aromatic carbocycles. The molecule has 0 bridgehead atoms. The molecular weight excluding hydrogens is 184 g/mol. The summed E-state index contributed by atoms with van der Waals surface area (Å²) in [5.41, 5.74) is 1.16. The van der Waals surface area contributed by atoms with Crippen molar-refractivity contribution < 1.29 is 5.11 Å². The van der Waals surface area contributed by atoms with Gasteiger partial charge in [-0.1, -0.05) is 66.8 Å². The van der Waals surface area contributed by atoms with E-state index in [9.17, 15) is 5.11 Å². The van der Waals surface area contributed by atoms with Gasteiger partial charge in [-0.15, -0.1) is 0 Å². The molecule has 0 aromatic heterocycles. The molecule has 76 valence electrons. The zero-order valence-corrected chi connectivity index (χ0v) is 8.45. The molecule has 0 heterocycles. The summed E-state index contributed by atoms with van der Waals surface area (Å²) in [6.07, 6.45) is 11.3. The van der Waals surface area contributed by atoms with Gasteiger partial charge in [0, 0.05) is 5.92 Å². The summed E-state index contributed by atoms with van der Waals surface area (Å²) in [6, 6.07) is 10.1. The number of rotatable bonds is 2. The predicted octanol–water partition coefficient (Wildman–Crippen LogP) is 2.80. The minimum Gasteiger partial charge on any atom is -0.388 e. The highest BCUT2D eigenvalue weighted by molar-refractivity contribution is 5.50. The average molecular weight is 198 g/mol. The molecule has 0 amide bonds. The van der Waals surface area contributed by atoms with Crippen LogP contribution in [0.15, 0.2) is 60.7 Å². The quantitative estimate of drug-likeness (QED) is 0.774. The molecular formula is C14H14O. The average Bonchev–Trinajstić information content (AvgIpc) is 2.29. The Balaban J connectivity index is 2.06. The fourth-order valence-electron chi connectivity index (χ4n) is 1.58. The zero-order chi connectivity index (χ0) is 10.5. The molecule has 2 rings (SSSR count). The number of benzene rings is 1. The van der Waals surface area contributed by atoms with Gasteiger partial charge in [0.05, 0.1) is 6.10 Å². The van der Waals surface area contributed by atoms with E-state index in [1.807, 2.05) is 60.7 Å². The molecule has 1 aliphatic rings. The minimum absolute atomic E-state index is 0.0928. The molecule has 0 fully saturated rings. The van der Waals surface area contributed by atoms with Crippen LogP contribution in [0.1, 0.15) is 5.56 Å². The van der Waals surface area contributed by atoms with Gasteiger partial charge in [-0.2, -0.15) is 0 Å². The van der Waals surface area contributed by atoms with Gasteiger partial charge in [0.15, 0.2) is 0 Å². The lowest BCUT2D eigenvalue weighted by molar-refractivity contribution is 0.196. The summed E-state index contributed by atoms with van der Waals surface area (Å²) in [6.45, 7) is 0. The molecule has 0 saturated heterocycles. The van der Waals surface area contributed by atoms with Crippen LogP contribution in [0.25, 0.3) is 6.08 Å². The van der Waals surface area contributed by atoms with E-state index in [1.54, 1.807) is 6.08 Å². The summed E-state index contributed by atoms with van der Waals surface area (Å²) in [7, 11) is 0. The SMILES string of the molecule is OC1C=CC=CC1/C=C/c1ccccc1. The highest BCUT2D eigenvalue weighted by atomic mass is 16.3. The number of aliphatic hydroxyl groups excluding tert-OH is 1. The lowest BCUT2D eigenvalue weighted by atomic mass is 9.96. The molecule has 0 saturated carbocycles. The van der Waals surface area contributed by atoms with Crippen LogP contribution in [-0.2, 0) is 0 Å². The van der Waals surface area contributed by atoms with E-state index in [4.69, 9.17) is 0 Å². The van der Waals surface area contributed by atoms with Crippen molar-refractivity contribution in [1.29, 1.82) is 0 Å². The Bertz CT molecular complexity index is 387. The van der Waals surface area contributed by atoms with Crippen molar-refractivity contribution in [3.05, 3.63) is 66.3 Å². The lowest BCUT2D eigenvalue weighted by Crippen LogP contribution is -2.15. The van der Waals surface area contributed by atoms with Crippen molar-refractivity contribution in [2.24, 2.45) is 5.92 Å². The first-order valence-corrected chi connectivity index (χ1v) is 5.12. The van der Waals surface area contributed by atoms with E-state index < -0.39 is 6.10 Å². The fourth-order valence-corrected chi connectivity index (χ4v) is 1.58. The van der Waals surface area contributed by atoms with Gasteiger partial charge < -0.3 is 5.11 Å². The Kier molecular flexibility index (Phi) is 3.15. The van der Waals surface area contributed by atoms with Crippen molar-refractivity contribution >= 4 is 6.08 Å². The van der Waals surface area contributed by atoms with E-state index in [2.05, 4.69) is 0 Å². The van der Waals surface area contributed by atoms with Crippen molar-refractivity contribution in [3.63, 3.8) is 0 Å². The minimum atomic E-state index is -0.394. The van der Waals surface area contributed by atoms with Crippen LogP contribution >= 0.6 is 0 Å².